The second-order valence-corrected chi connectivity index (χ2v) is 6.62. The number of aryl methyl sites for hydroxylation is 1. The third-order valence-corrected chi connectivity index (χ3v) is 4.04. The van der Waals surface area contributed by atoms with E-state index in [-0.39, 0.29) is 17.3 Å². The van der Waals surface area contributed by atoms with Crippen molar-refractivity contribution in [3.8, 4) is 11.4 Å². The van der Waals surface area contributed by atoms with E-state index in [1.165, 1.54) is 22.1 Å². The number of benzene rings is 1. The zero-order valence-electron chi connectivity index (χ0n) is 16.0. The van der Waals surface area contributed by atoms with Gasteiger partial charge in [-0.2, -0.15) is 13.2 Å². The highest BCUT2D eigenvalue weighted by atomic mass is 19.4. The molecule has 9 heteroatoms. The molecule has 2 aromatic heterocycles. The summed E-state index contributed by atoms with van der Waals surface area (Å²) in [6, 6.07) is 7.07. The number of nitrogens with zero attached hydrogens (tertiary/aromatic N) is 5. The molecule has 1 amide bonds. The molecule has 0 saturated carbocycles. The lowest BCUT2D eigenvalue weighted by Crippen LogP contribution is -2.23. The van der Waals surface area contributed by atoms with Crippen molar-refractivity contribution >= 4 is 17.7 Å². The summed E-state index contributed by atoms with van der Waals surface area (Å²) >= 11 is 0. The maximum atomic E-state index is 13.1. The Balaban J connectivity index is 2.02. The van der Waals surface area contributed by atoms with Crippen molar-refractivity contribution in [2.75, 3.05) is 14.1 Å². The lowest BCUT2D eigenvalue weighted by atomic mass is 10.1. The molecule has 1 aromatic carbocycles. The quantitative estimate of drug-likeness (QED) is 0.625. The van der Waals surface area contributed by atoms with Gasteiger partial charge in [0.1, 0.15) is 6.33 Å². The molecule has 29 heavy (non-hydrogen) atoms. The van der Waals surface area contributed by atoms with Gasteiger partial charge in [0, 0.05) is 43.8 Å². The minimum atomic E-state index is -4.46. The third-order valence-electron chi connectivity index (χ3n) is 4.04. The van der Waals surface area contributed by atoms with Crippen molar-refractivity contribution in [2.24, 2.45) is 0 Å². The maximum absolute atomic E-state index is 13.1. The lowest BCUT2D eigenvalue weighted by Gasteiger charge is -2.13. The van der Waals surface area contributed by atoms with Crippen molar-refractivity contribution < 1.29 is 18.0 Å². The molecule has 0 aliphatic rings. The van der Waals surface area contributed by atoms with Crippen LogP contribution in [0.1, 0.15) is 16.7 Å². The van der Waals surface area contributed by atoms with E-state index in [9.17, 15) is 18.0 Å². The Labute approximate surface area is 165 Å². The van der Waals surface area contributed by atoms with Crippen molar-refractivity contribution in [1.29, 1.82) is 0 Å². The number of hydrogen-bond acceptors (Lipinski definition) is 4. The first-order valence-electron chi connectivity index (χ1n) is 8.59. The number of amides is 1. The number of halogens is 3. The number of likely N-dealkylation sites (N-methyl/N-ethyl adjacent to an activating group) is 1. The predicted octanol–water partition coefficient (Wildman–Crippen LogP) is 3.75. The van der Waals surface area contributed by atoms with Gasteiger partial charge in [0.25, 0.3) is 5.91 Å². The monoisotopic (exact) mass is 401 g/mol. The fourth-order valence-electron chi connectivity index (χ4n) is 2.69. The summed E-state index contributed by atoms with van der Waals surface area (Å²) in [5.74, 6) is -0.150. The first kappa shape index (κ1) is 20.2. The van der Waals surface area contributed by atoms with Crippen LogP contribution in [0.15, 0.2) is 49.1 Å². The molecular formula is C20H18F3N5O. The number of pyridine rings is 1. The number of carbonyl (C=O) groups is 1. The normalized spacial score (nSPS) is 12.1. The number of rotatable bonds is 4. The molecule has 0 unspecified atom stereocenters. The van der Waals surface area contributed by atoms with E-state index >= 15 is 0 Å². The Bertz CT molecular complexity index is 1060. The smallest absolute Gasteiger partial charge is 0.345 e. The van der Waals surface area contributed by atoms with Crippen LogP contribution in [0.3, 0.4) is 0 Å². The van der Waals surface area contributed by atoms with Crippen LogP contribution in [0.2, 0.25) is 0 Å². The molecule has 6 nitrogen and oxygen atoms in total. The van der Waals surface area contributed by atoms with Crippen molar-refractivity contribution in [2.45, 2.75) is 13.1 Å². The Morgan fingerprint density at radius 1 is 1.21 bits per heavy atom. The topological polar surface area (TPSA) is 63.9 Å². The highest BCUT2D eigenvalue weighted by molar-refractivity contribution is 6.22. The minimum Gasteiger partial charge on any atom is -0.345 e. The maximum Gasteiger partial charge on any atom is 0.416 e. The molecule has 150 valence electrons. The fraction of sp³-hybridized carbons (Fsp3) is 0.200. The molecule has 0 atom stereocenters. The molecule has 0 N–H and O–H groups in total. The van der Waals surface area contributed by atoms with Gasteiger partial charge in [-0.05, 0) is 36.8 Å². The van der Waals surface area contributed by atoms with Gasteiger partial charge >= 0.3 is 6.18 Å². The third kappa shape index (κ3) is 4.68. The predicted molar refractivity (Wildman–Crippen MR) is 102 cm³/mol. The summed E-state index contributed by atoms with van der Waals surface area (Å²) in [6.45, 7) is 1.58. The van der Waals surface area contributed by atoms with Crippen LogP contribution in [-0.4, -0.2) is 44.7 Å². The Kier molecular flexibility index (Phi) is 5.49. The van der Waals surface area contributed by atoms with Gasteiger partial charge in [0.15, 0.2) is 5.82 Å². The largest absolute Gasteiger partial charge is 0.416 e. The van der Waals surface area contributed by atoms with E-state index in [1.54, 1.807) is 51.6 Å². The zero-order valence-corrected chi connectivity index (χ0v) is 16.0. The highest BCUT2D eigenvalue weighted by Crippen LogP contribution is 2.32. The summed E-state index contributed by atoms with van der Waals surface area (Å²) in [6.07, 6.45) is 1.47. The Hall–Kier alpha value is -3.49. The number of carbonyl (C=O) groups excluding carboxylic acids is 1. The van der Waals surface area contributed by atoms with Crippen LogP contribution in [-0.2, 0) is 11.0 Å². The van der Waals surface area contributed by atoms with Gasteiger partial charge < -0.3 is 4.90 Å². The minimum absolute atomic E-state index is 0.123. The standard InChI is InChI=1S/C20H18F3N5O/c1-13-7-15(9-16(8-13)20(21,22)23)18-25-12-28(26-18)11-17(19(29)27(2)3)14-5-4-6-24-10-14/h4-12H,1-3H3. The van der Waals surface area contributed by atoms with Crippen LogP contribution in [0.4, 0.5) is 13.2 Å². The van der Waals surface area contributed by atoms with Crippen molar-refractivity contribution in [3.63, 3.8) is 0 Å². The zero-order chi connectivity index (χ0) is 21.2. The van der Waals surface area contributed by atoms with E-state index in [2.05, 4.69) is 15.1 Å². The first-order chi connectivity index (χ1) is 13.6. The summed E-state index contributed by atoms with van der Waals surface area (Å²) in [7, 11) is 3.23. The van der Waals surface area contributed by atoms with E-state index in [0.717, 1.165) is 12.1 Å². The first-order valence-corrected chi connectivity index (χ1v) is 8.59. The van der Waals surface area contributed by atoms with Crippen molar-refractivity contribution in [1.82, 2.24) is 24.6 Å². The molecule has 0 saturated heterocycles. The molecule has 0 radical (unpaired) electrons. The molecule has 0 aliphatic heterocycles. The molecule has 0 spiro atoms. The Morgan fingerprint density at radius 3 is 2.59 bits per heavy atom. The molecule has 3 rings (SSSR count). The van der Waals surface area contributed by atoms with E-state index in [1.807, 2.05) is 0 Å². The summed E-state index contributed by atoms with van der Waals surface area (Å²) in [4.78, 5) is 22.1. The lowest BCUT2D eigenvalue weighted by molar-refractivity contribution is -0.137. The summed E-state index contributed by atoms with van der Waals surface area (Å²) in [5.41, 5.74) is 0.822. The molecule has 0 aliphatic carbocycles. The second kappa shape index (κ2) is 7.86. The van der Waals surface area contributed by atoms with E-state index in [4.69, 9.17) is 0 Å². The van der Waals surface area contributed by atoms with Crippen LogP contribution in [0.5, 0.6) is 0 Å². The second-order valence-electron chi connectivity index (χ2n) is 6.62. The molecular weight excluding hydrogens is 383 g/mol. The van der Waals surface area contributed by atoms with Crippen LogP contribution >= 0.6 is 0 Å². The van der Waals surface area contributed by atoms with E-state index in [0.29, 0.717) is 16.7 Å². The number of aromatic nitrogens is 4. The van der Waals surface area contributed by atoms with E-state index < -0.39 is 11.7 Å². The molecule has 3 aromatic rings. The van der Waals surface area contributed by atoms with Gasteiger partial charge in [-0.15, -0.1) is 5.10 Å². The van der Waals surface area contributed by atoms with Crippen molar-refractivity contribution in [3.05, 3.63) is 65.7 Å². The summed E-state index contributed by atoms with van der Waals surface area (Å²) in [5, 5.41) is 4.22. The van der Waals surface area contributed by atoms with Crippen LogP contribution < -0.4 is 0 Å². The number of hydrogen-bond donors (Lipinski definition) is 0. The van der Waals surface area contributed by atoms with Gasteiger partial charge in [0.05, 0.1) is 11.1 Å². The highest BCUT2D eigenvalue weighted by Gasteiger charge is 2.31. The van der Waals surface area contributed by atoms with Gasteiger partial charge in [-0.1, -0.05) is 6.07 Å². The average molecular weight is 401 g/mol. The fourth-order valence-corrected chi connectivity index (χ4v) is 2.69. The number of alkyl halides is 3. The summed E-state index contributed by atoms with van der Waals surface area (Å²) < 4.78 is 40.6. The molecule has 0 bridgehead atoms. The average Bonchev–Trinajstić information content (AvgIpc) is 3.14. The SMILES string of the molecule is Cc1cc(-c2ncn(C=C(C(=O)N(C)C)c3cccnc3)n2)cc(C(F)(F)F)c1. The van der Waals surface area contributed by atoms with Crippen LogP contribution in [0, 0.1) is 6.92 Å². The van der Waals surface area contributed by atoms with Crippen LogP contribution in [0.25, 0.3) is 23.2 Å². The molecule has 0 fully saturated rings. The molecule has 2 heterocycles. The van der Waals surface area contributed by atoms with Gasteiger partial charge in [-0.3, -0.25) is 9.78 Å². The van der Waals surface area contributed by atoms with Gasteiger partial charge in [-0.25, -0.2) is 9.67 Å². The van der Waals surface area contributed by atoms with Gasteiger partial charge in [0.2, 0.25) is 0 Å². The Morgan fingerprint density at radius 2 is 1.97 bits per heavy atom.